The SMILES string of the molecule is CCN1C(=O)N(c2ccc(-c3cn(C)c4ncnc(N)c34)c(F)c2)CC1c1cc(F)cc(F)c1. The molecule has 4 aromatic rings. The van der Waals surface area contributed by atoms with Gasteiger partial charge in [-0.25, -0.2) is 27.9 Å². The Morgan fingerprint density at radius 2 is 1.79 bits per heavy atom. The number of hydrogen-bond acceptors (Lipinski definition) is 4. The molecule has 2 aromatic carbocycles. The predicted molar refractivity (Wildman–Crippen MR) is 123 cm³/mol. The molecule has 0 bridgehead atoms. The van der Waals surface area contributed by atoms with Crippen molar-refractivity contribution in [2.45, 2.75) is 13.0 Å². The van der Waals surface area contributed by atoms with Crippen LogP contribution in [-0.2, 0) is 7.05 Å². The molecule has 0 saturated carbocycles. The summed E-state index contributed by atoms with van der Waals surface area (Å²) in [5.41, 5.74) is 8.12. The number of nitrogens with zero attached hydrogens (tertiary/aromatic N) is 5. The van der Waals surface area contributed by atoms with Crippen molar-refractivity contribution in [3.63, 3.8) is 0 Å². The van der Waals surface area contributed by atoms with E-state index in [4.69, 9.17) is 5.73 Å². The lowest BCUT2D eigenvalue weighted by molar-refractivity contribution is 0.209. The summed E-state index contributed by atoms with van der Waals surface area (Å²) < 4.78 is 44.7. The van der Waals surface area contributed by atoms with Crippen LogP contribution in [0.2, 0.25) is 0 Å². The van der Waals surface area contributed by atoms with E-state index in [0.29, 0.717) is 40.0 Å². The first-order valence-corrected chi connectivity index (χ1v) is 10.7. The largest absolute Gasteiger partial charge is 0.383 e. The van der Waals surface area contributed by atoms with E-state index in [1.807, 2.05) is 0 Å². The van der Waals surface area contributed by atoms with Crippen LogP contribution < -0.4 is 10.6 Å². The van der Waals surface area contributed by atoms with Gasteiger partial charge in [0.15, 0.2) is 0 Å². The second kappa shape index (κ2) is 8.05. The van der Waals surface area contributed by atoms with Gasteiger partial charge < -0.3 is 15.2 Å². The van der Waals surface area contributed by atoms with E-state index in [9.17, 15) is 13.6 Å². The molecule has 5 rings (SSSR count). The second-order valence-corrected chi connectivity index (χ2v) is 8.17. The van der Waals surface area contributed by atoms with Crippen LogP contribution in [0.1, 0.15) is 18.5 Å². The molecular formula is C24H21F3N6O. The number of carbonyl (C=O) groups is 1. The molecular weight excluding hydrogens is 445 g/mol. The Hall–Kier alpha value is -4.08. The zero-order valence-electron chi connectivity index (χ0n) is 18.5. The lowest BCUT2D eigenvalue weighted by Gasteiger charge is -2.21. The van der Waals surface area contributed by atoms with Gasteiger partial charge in [-0.15, -0.1) is 0 Å². The number of nitrogens with two attached hydrogens (primary N) is 1. The van der Waals surface area contributed by atoms with Gasteiger partial charge in [0, 0.05) is 42.7 Å². The highest BCUT2D eigenvalue weighted by atomic mass is 19.1. The van der Waals surface area contributed by atoms with E-state index in [-0.39, 0.29) is 18.4 Å². The van der Waals surface area contributed by atoms with E-state index < -0.39 is 23.5 Å². The second-order valence-electron chi connectivity index (χ2n) is 8.17. The minimum Gasteiger partial charge on any atom is -0.383 e. The van der Waals surface area contributed by atoms with Crippen molar-refractivity contribution in [3.8, 4) is 11.1 Å². The number of halogens is 3. The zero-order chi connectivity index (χ0) is 24.1. The van der Waals surface area contributed by atoms with Crippen LogP contribution in [-0.4, -0.2) is 38.6 Å². The Bertz CT molecular complexity index is 1420. The van der Waals surface area contributed by atoms with Crippen LogP contribution in [0.4, 0.5) is 29.5 Å². The highest BCUT2D eigenvalue weighted by molar-refractivity contribution is 6.01. The third-order valence-electron chi connectivity index (χ3n) is 6.16. The summed E-state index contributed by atoms with van der Waals surface area (Å²) in [7, 11) is 1.78. The molecule has 3 heterocycles. The number of rotatable bonds is 4. The zero-order valence-corrected chi connectivity index (χ0v) is 18.5. The lowest BCUT2D eigenvalue weighted by Crippen LogP contribution is -2.32. The third kappa shape index (κ3) is 3.42. The fourth-order valence-corrected chi connectivity index (χ4v) is 4.59. The maximum absolute atomic E-state index is 15.3. The van der Waals surface area contributed by atoms with Gasteiger partial charge in [0.25, 0.3) is 0 Å². The average Bonchev–Trinajstić information content (AvgIpc) is 3.30. The van der Waals surface area contributed by atoms with Crippen molar-refractivity contribution in [1.82, 2.24) is 19.4 Å². The van der Waals surface area contributed by atoms with Gasteiger partial charge in [-0.05, 0) is 42.8 Å². The monoisotopic (exact) mass is 466 g/mol. The van der Waals surface area contributed by atoms with Crippen LogP contribution in [0.25, 0.3) is 22.2 Å². The summed E-state index contributed by atoms with van der Waals surface area (Å²) in [5.74, 6) is -1.75. The van der Waals surface area contributed by atoms with Crippen molar-refractivity contribution in [2.75, 3.05) is 23.7 Å². The van der Waals surface area contributed by atoms with Gasteiger partial charge in [-0.2, -0.15) is 0 Å². The van der Waals surface area contributed by atoms with E-state index in [1.165, 1.54) is 34.3 Å². The van der Waals surface area contributed by atoms with Crippen molar-refractivity contribution >= 4 is 28.6 Å². The fourth-order valence-electron chi connectivity index (χ4n) is 4.59. The van der Waals surface area contributed by atoms with E-state index in [1.54, 1.807) is 36.9 Å². The smallest absolute Gasteiger partial charge is 0.325 e. The molecule has 2 amide bonds. The first-order chi connectivity index (χ1) is 16.3. The number of nitrogen functional groups attached to an aromatic ring is 1. The maximum atomic E-state index is 15.3. The summed E-state index contributed by atoms with van der Waals surface area (Å²) >= 11 is 0. The average molecular weight is 466 g/mol. The molecule has 0 aliphatic carbocycles. The molecule has 1 saturated heterocycles. The molecule has 2 N–H and O–H groups in total. The number of anilines is 2. The number of hydrogen-bond donors (Lipinski definition) is 1. The Labute approximate surface area is 193 Å². The highest BCUT2D eigenvalue weighted by Gasteiger charge is 2.38. The van der Waals surface area contributed by atoms with Gasteiger partial charge in [0.2, 0.25) is 0 Å². The van der Waals surface area contributed by atoms with Crippen molar-refractivity contribution < 1.29 is 18.0 Å². The molecule has 1 aliphatic heterocycles. The first kappa shape index (κ1) is 21.7. The fraction of sp³-hybridized carbons (Fsp3) is 0.208. The van der Waals surface area contributed by atoms with Gasteiger partial charge >= 0.3 is 6.03 Å². The van der Waals surface area contributed by atoms with Crippen molar-refractivity contribution in [2.24, 2.45) is 7.05 Å². The highest BCUT2D eigenvalue weighted by Crippen LogP contribution is 2.37. The summed E-state index contributed by atoms with van der Waals surface area (Å²) in [4.78, 5) is 24.2. The minimum absolute atomic E-state index is 0.128. The topological polar surface area (TPSA) is 80.3 Å². The molecule has 1 unspecified atom stereocenters. The Morgan fingerprint density at radius 1 is 1.06 bits per heavy atom. The summed E-state index contributed by atoms with van der Waals surface area (Å²) in [5, 5.41) is 0.541. The molecule has 2 aromatic heterocycles. The molecule has 174 valence electrons. The molecule has 34 heavy (non-hydrogen) atoms. The van der Waals surface area contributed by atoms with Crippen LogP contribution in [0.5, 0.6) is 0 Å². The van der Waals surface area contributed by atoms with E-state index in [2.05, 4.69) is 9.97 Å². The normalized spacial score (nSPS) is 16.1. The van der Waals surface area contributed by atoms with Gasteiger partial charge in [-0.1, -0.05) is 0 Å². The van der Waals surface area contributed by atoms with Crippen molar-refractivity contribution in [3.05, 3.63) is 71.9 Å². The maximum Gasteiger partial charge on any atom is 0.325 e. The van der Waals surface area contributed by atoms with Crippen LogP contribution in [0.3, 0.4) is 0 Å². The van der Waals surface area contributed by atoms with Gasteiger partial charge in [0.05, 0.1) is 18.0 Å². The summed E-state index contributed by atoms with van der Waals surface area (Å²) in [6.45, 7) is 2.23. The Balaban J connectivity index is 1.52. The number of urea groups is 1. The minimum atomic E-state index is -0.717. The molecule has 7 nitrogen and oxygen atoms in total. The first-order valence-electron chi connectivity index (χ1n) is 10.7. The number of amides is 2. The summed E-state index contributed by atoms with van der Waals surface area (Å²) in [6, 6.07) is 6.75. The number of likely N-dealkylation sites (N-methyl/N-ethyl adjacent to an activating group) is 1. The van der Waals surface area contributed by atoms with Crippen LogP contribution >= 0.6 is 0 Å². The van der Waals surface area contributed by atoms with Gasteiger partial charge in [-0.3, -0.25) is 4.90 Å². The Kier molecular flexibility index (Phi) is 5.15. The standard InChI is InChI=1S/C24H21F3N6O/c1-3-32-20(13-6-14(25)8-15(26)7-13)11-33(24(32)34)16-4-5-17(19(27)9-16)18-10-31(2)23-21(18)22(28)29-12-30-23/h4-10,12,20H,3,11H2,1-2H3,(H2,28,29,30). The number of carbonyl (C=O) groups excluding carboxylic acids is 1. The van der Waals surface area contributed by atoms with Crippen LogP contribution in [0, 0.1) is 17.5 Å². The Morgan fingerprint density at radius 3 is 2.47 bits per heavy atom. The van der Waals surface area contributed by atoms with E-state index in [0.717, 1.165) is 6.07 Å². The number of benzene rings is 2. The molecule has 10 heteroatoms. The van der Waals surface area contributed by atoms with Crippen LogP contribution in [0.15, 0.2) is 48.9 Å². The molecule has 1 fully saturated rings. The third-order valence-corrected chi connectivity index (χ3v) is 6.16. The molecule has 0 radical (unpaired) electrons. The number of fused-ring (bicyclic) bond motifs is 1. The number of aryl methyl sites for hydroxylation is 1. The quantitative estimate of drug-likeness (QED) is 0.475. The summed E-state index contributed by atoms with van der Waals surface area (Å²) in [6.07, 6.45) is 3.07. The molecule has 0 spiro atoms. The van der Waals surface area contributed by atoms with E-state index >= 15 is 4.39 Å². The predicted octanol–water partition coefficient (Wildman–Crippen LogP) is 4.64. The molecule has 1 aliphatic rings. The molecule has 1 atom stereocenters. The lowest BCUT2D eigenvalue weighted by atomic mass is 10.0. The van der Waals surface area contributed by atoms with Crippen molar-refractivity contribution in [1.29, 1.82) is 0 Å². The van der Waals surface area contributed by atoms with Gasteiger partial charge in [0.1, 0.15) is 35.2 Å². The number of aromatic nitrogens is 3.